The number of anilines is 1. The molecule has 3 rings (SSSR count). The molecule has 0 amide bonds. The molecule has 0 spiro atoms. The number of nitrogens with zero attached hydrogens (tertiary/aromatic N) is 3. The van der Waals surface area contributed by atoms with E-state index in [2.05, 4.69) is 34.9 Å². The second-order valence-electron chi connectivity index (χ2n) is 6.93. The zero-order valence-corrected chi connectivity index (χ0v) is 15.1. The Kier molecular flexibility index (Phi) is 4.71. The van der Waals surface area contributed by atoms with E-state index in [0.717, 1.165) is 11.8 Å². The maximum atomic E-state index is 10.4. The first-order valence-corrected chi connectivity index (χ1v) is 11.1. The zero-order valence-electron chi connectivity index (χ0n) is 14.3. The van der Waals surface area contributed by atoms with Crippen LogP contribution in [0.4, 0.5) is 5.69 Å². The van der Waals surface area contributed by atoms with E-state index >= 15 is 0 Å². The predicted molar refractivity (Wildman–Crippen MR) is 98.4 cm³/mol. The summed E-state index contributed by atoms with van der Waals surface area (Å²) in [7, 11) is 1.82. The summed E-state index contributed by atoms with van der Waals surface area (Å²) in [5.41, 5.74) is 2.18. The molecule has 132 valence electrons. The van der Waals surface area contributed by atoms with Crippen molar-refractivity contribution < 1.29 is 14.9 Å². The minimum Gasteiger partial charge on any atom is -0.388 e. The van der Waals surface area contributed by atoms with Gasteiger partial charge in [0, 0.05) is 13.2 Å². The Morgan fingerprint density at radius 3 is 2.75 bits per heavy atom. The average molecular weight is 352 g/mol. The van der Waals surface area contributed by atoms with E-state index in [1.807, 2.05) is 13.1 Å². The lowest BCUT2D eigenvalue weighted by atomic mass is 10.1. The number of aliphatic hydroxyl groups is 2. The van der Waals surface area contributed by atoms with E-state index in [1.54, 1.807) is 17.1 Å². The third kappa shape index (κ3) is 3.22. The van der Waals surface area contributed by atoms with Gasteiger partial charge in [-0.1, -0.05) is 0 Å². The number of fused-ring (bicyclic) bond motifs is 1. The number of rotatable bonds is 5. The quantitative estimate of drug-likeness (QED) is 0.700. The van der Waals surface area contributed by atoms with Crippen molar-refractivity contribution >= 4 is 30.0 Å². The lowest BCUT2D eigenvalue weighted by Gasteiger charge is -2.18. The van der Waals surface area contributed by atoms with E-state index < -0.39 is 31.4 Å². The van der Waals surface area contributed by atoms with Crippen molar-refractivity contribution in [1.82, 2.24) is 14.5 Å². The fraction of sp³-hybridized carbons (Fsp3) is 0.562. The summed E-state index contributed by atoms with van der Waals surface area (Å²) in [6.07, 6.45) is 6.00. The summed E-state index contributed by atoms with van der Waals surface area (Å²) in [4.78, 5) is 8.71. The molecule has 3 heterocycles. The van der Waals surface area contributed by atoms with Gasteiger partial charge in [-0.05, 0) is 32.0 Å². The molecule has 2 unspecified atom stereocenters. The number of nitrogens with one attached hydrogen (secondary N) is 1. The van der Waals surface area contributed by atoms with Gasteiger partial charge in [-0.3, -0.25) is 4.57 Å². The Balaban J connectivity index is 1.86. The van der Waals surface area contributed by atoms with E-state index in [4.69, 9.17) is 4.74 Å². The third-order valence-corrected chi connectivity index (χ3v) is 5.83. The average Bonchev–Trinajstić information content (AvgIpc) is 3.07. The largest absolute Gasteiger partial charge is 0.388 e. The summed E-state index contributed by atoms with van der Waals surface area (Å²) >= 11 is 0. The van der Waals surface area contributed by atoms with E-state index in [9.17, 15) is 10.2 Å². The summed E-state index contributed by atoms with van der Waals surface area (Å²) in [5, 5.41) is 23.9. The van der Waals surface area contributed by atoms with Crippen molar-refractivity contribution in [2.24, 2.45) is 0 Å². The van der Waals surface area contributed by atoms with Crippen molar-refractivity contribution in [1.29, 1.82) is 0 Å². The number of imidazole rings is 1. The number of pyridine rings is 1. The van der Waals surface area contributed by atoms with Gasteiger partial charge < -0.3 is 20.3 Å². The SMILES string of the molecule is C=P(C)(C)CCC1OC(n2cnc3c(NC)ccnc32)[C@H](O)[C@@H]1O. The Labute approximate surface area is 141 Å². The molecule has 2 aromatic rings. The van der Waals surface area contributed by atoms with Crippen molar-refractivity contribution in [3.63, 3.8) is 0 Å². The van der Waals surface area contributed by atoms with Gasteiger partial charge in [0.15, 0.2) is 11.9 Å². The standard InChI is InChI=1S/C16H25N4O3P/c1-17-10-5-7-18-15-12(10)19-9-20(15)16-14(22)13(21)11(23-16)6-8-24(2,3)4/h5,7,9,11,13-14,16,21-22H,2,6,8H2,1,3-4H3,(H,17,18)/t11?,13-,14-,16?/m1/s1. The number of aromatic nitrogens is 3. The van der Waals surface area contributed by atoms with Crippen LogP contribution in [0.3, 0.4) is 0 Å². The van der Waals surface area contributed by atoms with Crippen LogP contribution in [0.1, 0.15) is 12.6 Å². The van der Waals surface area contributed by atoms with Crippen molar-refractivity contribution in [3.05, 3.63) is 18.6 Å². The van der Waals surface area contributed by atoms with E-state index in [0.29, 0.717) is 17.6 Å². The molecule has 1 aliphatic heterocycles. The first kappa shape index (κ1) is 17.4. The Hall–Kier alpha value is -1.40. The van der Waals surface area contributed by atoms with Crippen LogP contribution in [0.2, 0.25) is 0 Å². The Morgan fingerprint density at radius 1 is 1.33 bits per heavy atom. The predicted octanol–water partition coefficient (Wildman–Crippen LogP) is 1.19. The van der Waals surface area contributed by atoms with Crippen LogP contribution >= 0.6 is 6.89 Å². The highest BCUT2D eigenvalue weighted by molar-refractivity contribution is 7.72. The van der Waals surface area contributed by atoms with Crippen LogP contribution in [0.25, 0.3) is 11.2 Å². The molecule has 0 bridgehead atoms. The van der Waals surface area contributed by atoms with Crippen LogP contribution in [-0.2, 0) is 4.74 Å². The second kappa shape index (κ2) is 6.48. The Bertz CT molecular complexity index is 772. The summed E-state index contributed by atoms with van der Waals surface area (Å²) < 4.78 is 7.65. The second-order valence-corrected chi connectivity index (χ2v) is 11.2. The highest BCUT2D eigenvalue weighted by atomic mass is 31.2. The molecular weight excluding hydrogens is 327 g/mol. The first-order chi connectivity index (χ1) is 11.3. The van der Waals surface area contributed by atoms with Gasteiger partial charge in [-0.2, -0.15) is 0 Å². The number of aliphatic hydroxyl groups excluding tert-OH is 2. The van der Waals surface area contributed by atoms with E-state index in [-0.39, 0.29) is 0 Å². The van der Waals surface area contributed by atoms with Crippen LogP contribution in [0.15, 0.2) is 18.6 Å². The molecule has 24 heavy (non-hydrogen) atoms. The molecule has 0 aliphatic carbocycles. The fourth-order valence-corrected chi connectivity index (χ4v) is 3.95. The zero-order chi connectivity index (χ0) is 17.5. The van der Waals surface area contributed by atoms with Gasteiger partial charge >= 0.3 is 0 Å². The highest BCUT2D eigenvalue weighted by Gasteiger charge is 2.44. The maximum absolute atomic E-state index is 10.4. The van der Waals surface area contributed by atoms with Gasteiger partial charge in [-0.15, -0.1) is 13.2 Å². The van der Waals surface area contributed by atoms with Crippen LogP contribution in [-0.4, -0.2) is 75.9 Å². The number of hydrogen-bond acceptors (Lipinski definition) is 6. The molecule has 0 radical (unpaired) electrons. The lowest BCUT2D eigenvalue weighted by Crippen LogP contribution is -2.31. The molecule has 4 atom stereocenters. The number of hydrogen-bond donors (Lipinski definition) is 3. The van der Waals surface area contributed by atoms with Crippen molar-refractivity contribution in [3.8, 4) is 0 Å². The first-order valence-electron chi connectivity index (χ1n) is 8.00. The molecule has 2 aromatic heterocycles. The number of ether oxygens (including phenoxy) is 1. The monoisotopic (exact) mass is 352 g/mol. The van der Waals surface area contributed by atoms with Gasteiger partial charge in [-0.25, -0.2) is 9.97 Å². The third-order valence-electron chi connectivity index (χ3n) is 4.36. The topological polar surface area (TPSA) is 92.4 Å². The summed E-state index contributed by atoms with van der Waals surface area (Å²) in [5.74, 6) is 0. The van der Waals surface area contributed by atoms with Crippen LogP contribution in [0, 0.1) is 0 Å². The molecule has 0 saturated carbocycles. The minimum absolute atomic E-state index is 0.407. The normalized spacial score (nSPS) is 27.7. The van der Waals surface area contributed by atoms with Gasteiger partial charge in [0.1, 0.15) is 17.7 Å². The maximum Gasteiger partial charge on any atom is 0.165 e. The van der Waals surface area contributed by atoms with Crippen molar-refractivity contribution in [2.45, 2.75) is 31.0 Å². The smallest absolute Gasteiger partial charge is 0.165 e. The van der Waals surface area contributed by atoms with Gasteiger partial charge in [0.2, 0.25) is 0 Å². The van der Waals surface area contributed by atoms with Gasteiger partial charge in [0.05, 0.1) is 18.1 Å². The minimum atomic E-state index is -1.21. The molecule has 8 heteroatoms. The lowest BCUT2D eigenvalue weighted by molar-refractivity contribution is -0.0353. The summed E-state index contributed by atoms with van der Waals surface area (Å²) in [6.45, 7) is 3.09. The van der Waals surface area contributed by atoms with Crippen molar-refractivity contribution in [2.75, 3.05) is 31.9 Å². The molecule has 7 nitrogen and oxygen atoms in total. The van der Waals surface area contributed by atoms with Gasteiger partial charge in [0.25, 0.3) is 0 Å². The van der Waals surface area contributed by atoms with Crippen LogP contribution < -0.4 is 5.32 Å². The van der Waals surface area contributed by atoms with Crippen LogP contribution in [0.5, 0.6) is 0 Å². The Morgan fingerprint density at radius 2 is 2.08 bits per heavy atom. The molecule has 0 aromatic carbocycles. The molecule has 1 aliphatic rings. The molecule has 1 saturated heterocycles. The molecule has 1 fully saturated rings. The molecule has 3 N–H and O–H groups in total. The fourth-order valence-electron chi connectivity index (χ4n) is 3.00. The highest BCUT2D eigenvalue weighted by Crippen LogP contribution is 2.40. The summed E-state index contributed by atoms with van der Waals surface area (Å²) in [6, 6.07) is 1.84. The molecular formula is C16H25N4O3P. The van der Waals surface area contributed by atoms with E-state index in [1.165, 1.54) is 0 Å².